The number of hydrogen-bond acceptors (Lipinski definition) is 5. The van der Waals surface area contributed by atoms with Crippen molar-refractivity contribution in [3.63, 3.8) is 0 Å². The van der Waals surface area contributed by atoms with Crippen molar-refractivity contribution >= 4 is 11.3 Å². The molecule has 0 aliphatic heterocycles. The molecule has 1 aromatic carbocycles. The molecule has 0 radical (unpaired) electrons. The normalized spacial score (nSPS) is 10.4. The van der Waals surface area contributed by atoms with E-state index < -0.39 is 0 Å². The fourth-order valence-corrected chi connectivity index (χ4v) is 2.43. The first-order valence-electron chi connectivity index (χ1n) is 6.23. The maximum atomic E-state index is 5.56. The van der Waals surface area contributed by atoms with Gasteiger partial charge in [0.25, 0.3) is 0 Å². The van der Waals surface area contributed by atoms with Crippen LogP contribution in [0.1, 0.15) is 17.5 Å². The highest BCUT2D eigenvalue weighted by Crippen LogP contribution is 2.30. The number of ether oxygens (including phenoxy) is 2. The van der Waals surface area contributed by atoms with Gasteiger partial charge in [-0.1, -0.05) is 12.1 Å². The minimum Gasteiger partial charge on any atom is -0.493 e. The molecule has 0 saturated carbocycles. The Kier molecular flexibility index (Phi) is 5.18. The second-order valence-electron chi connectivity index (χ2n) is 3.91. The Morgan fingerprint density at radius 1 is 1.32 bits per heavy atom. The molecule has 19 heavy (non-hydrogen) atoms. The van der Waals surface area contributed by atoms with Gasteiger partial charge in [0, 0.05) is 30.2 Å². The predicted octanol–water partition coefficient (Wildman–Crippen LogP) is 2.84. The highest BCUT2D eigenvalue weighted by Gasteiger charge is 2.09. The number of hydrogen-bond donors (Lipinski definition) is 1. The zero-order valence-electron chi connectivity index (χ0n) is 11.2. The third-order valence-corrected chi connectivity index (χ3v) is 3.42. The number of nitrogens with zero attached hydrogens (tertiary/aromatic N) is 1. The Hall–Kier alpha value is -1.59. The van der Waals surface area contributed by atoms with Gasteiger partial charge in [0.15, 0.2) is 11.5 Å². The maximum absolute atomic E-state index is 5.56. The largest absolute Gasteiger partial charge is 0.493 e. The molecular weight excluding hydrogens is 260 g/mol. The van der Waals surface area contributed by atoms with Crippen molar-refractivity contribution in [3.8, 4) is 11.5 Å². The average molecular weight is 278 g/mol. The summed E-state index contributed by atoms with van der Waals surface area (Å²) < 4.78 is 11.0. The van der Waals surface area contributed by atoms with E-state index in [1.807, 2.05) is 36.7 Å². The molecule has 0 aliphatic rings. The van der Waals surface area contributed by atoms with Gasteiger partial charge < -0.3 is 14.8 Å². The lowest BCUT2D eigenvalue weighted by atomic mass is 10.2. The molecule has 4 nitrogen and oxygen atoms in total. The van der Waals surface area contributed by atoms with Crippen molar-refractivity contribution in [2.75, 3.05) is 13.7 Å². The average Bonchev–Trinajstić information content (AvgIpc) is 2.93. The van der Waals surface area contributed by atoms with Crippen LogP contribution in [0.5, 0.6) is 11.5 Å². The van der Waals surface area contributed by atoms with E-state index in [9.17, 15) is 0 Å². The van der Waals surface area contributed by atoms with Gasteiger partial charge in [-0.25, -0.2) is 4.98 Å². The van der Waals surface area contributed by atoms with Gasteiger partial charge in [-0.3, -0.25) is 0 Å². The first-order valence-corrected chi connectivity index (χ1v) is 7.11. The molecule has 2 aromatic rings. The van der Waals surface area contributed by atoms with Gasteiger partial charge in [0.1, 0.15) is 5.01 Å². The standard InChI is InChI=1S/C14H18N2O2S/c1-3-18-12-6-4-5-11(14(12)17-2)9-15-10-13-16-7-8-19-13/h4-8,15H,3,9-10H2,1-2H3. The second-order valence-corrected chi connectivity index (χ2v) is 4.89. The molecule has 5 heteroatoms. The molecule has 0 spiro atoms. The number of thiazole rings is 1. The highest BCUT2D eigenvalue weighted by atomic mass is 32.1. The third-order valence-electron chi connectivity index (χ3n) is 2.64. The van der Waals surface area contributed by atoms with Gasteiger partial charge in [0.05, 0.1) is 13.7 Å². The molecule has 0 saturated heterocycles. The number of aromatic nitrogens is 1. The molecule has 0 fully saturated rings. The summed E-state index contributed by atoms with van der Waals surface area (Å²) in [6.07, 6.45) is 1.82. The topological polar surface area (TPSA) is 43.4 Å². The van der Waals surface area contributed by atoms with E-state index >= 15 is 0 Å². The minimum absolute atomic E-state index is 0.631. The van der Waals surface area contributed by atoms with Crippen LogP contribution in [-0.2, 0) is 13.1 Å². The Labute approximate surface area is 117 Å². The molecule has 0 aliphatic carbocycles. The van der Waals surface area contributed by atoms with Crippen molar-refractivity contribution in [2.24, 2.45) is 0 Å². The number of benzene rings is 1. The van der Waals surface area contributed by atoms with Gasteiger partial charge in [0.2, 0.25) is 0 Å². The summed E-state index contributed by atoms with van der Waals surface area (Å²) in [6.45, 7) is 4.09. The molecule has 0 bridgehead atoms. The lowest BCUT2D eigenvalue weighted by Crippen LogP contribution is -2.13. The first kappa shape index (κ1) is 13.8. The van der Waals surface area contributed by atoms with Crippen LogP contribution in [0, 0.1) is 0 Å². The monoisotopic (exact) mass is 278 g/mol. The first-order chi connectivity index (χ1) is 9.35. The molecule has 2 rings (SSSR count). The van der Waals surface area contributed by atoms with Crippen molar-refractivity contribution in [1.29, 1.82) is 0 Å². The molecule has 1 aromatic heterocycles. The molecule has 0 atom stereocenters. The smallest absolute Gasteiger partial charge is 0.165 e. The Morgan fingerprint density at radius 3 is 2.89 bits per heavy atom. The summed E-state index contributed by atoms with van der Waals surface area (Å²) in [5.41, 5.74) is 1.09. The molecule has 0 unspecified atom stereocenters. The zero-order valence-corrected chi connectivity index (χ0v) is 12.0. The third kappa shape index (κ3) is 3.68. The SMILES string of the molecule is CCOc1cccc(CNCc2nccs2)c1OC. The van der Waals surface area contributed by atoms with Gasteiger partial charge in [-0.05, 0) is 13.0 Å². The number of rotatable bonds is 7. The summed E-state index contributed by atoms with van der Waals surface area (Å²) in [7, 11) is 1.67. The van der Waals surface area contributed by atoms with Crippen LogP contribution in [0.15, 0.2) is 29.8 Å². The van der Waals surface area contributed by atoms with Crippen LogP contribution >= 0.6 is 11.3 Å². The summed E-state index contributed by atoms with van der Waals surface area (Å²) in [5.74, 6) is 1.59. The summed E-state index contributed by atoms with van der Waals surface area (Å²) in [6, 6.07) is 5.94. The molecule has 1 N–H and O–H groups in total. The van der Waals surface area contributed by atoms with Crippen molar-refractivity contribution in [2.45, 2.75) is 20.0 Å². The van der Waals surface area contributed by atoms with Crippen LogP contribution in [0.3, 0.4) is 0 Å². The summed E-state index contributed by atoms with van der Waals surface area (Å²) >= 11 is 1.65. The Morgan fingerprint density at radius 2 is 2.21 bits per heavy atom. The van der Waals surface area contributed by atoms with Crippen LogP contribution in [0.4, 0.5) is 0 Å². The second kappa shape index (κ2) is 7.11. The van der Waals surface area contributed by atoms with Gasteiger partial charge in [-0.15, -0.1) is 11.3 Å². The fraction of sp³-hybridized carbons (Fsp3) is 0.357. The van der Waals surface area contributed by atoms with E-state index in [1.165, 1.54) is 0 Å². The fourth-order valence-electron chi connectivity index (χ4n) is 1.85. The Balaban J connectivity index is 2.00. The Bertz CT molecular complexity index is 500. The molecule has 1 heterocycles. The highest BCUT2D eigenvalue weighted by molar-refractivity contribution is 7.09. The number of nitrogens with one attached hydrogen (secondary N) is 1. The quantitative estimate of drug-likeness (QED) is 0.846. The molecule has 0 amide bonds. The summed E-state index contributed by atoms with van der Waals surface area (Å²) in [4.78, 5) is 4.24. The van der Waals surface area contributed by atoms with E-state index in [0.717, 1.165) is 35.2 Å². The maximum Gasteiger partial charge on any atom is 0.165 e. The zero-order chi connectivity index (χ0) is 13.5. The van der Waals surface area contributed by atoms with Crippen LogP contribution in [0.25, 0.3) is 0 Å². The van der Waals surface area contributed by atoms with E-state index in [4.69, 9.17) is 9.47 Å². The van der Waals surface area contributed by atoms with Crippen LogP contribution in [0.2, 0.25) is 0 Å². The molecular formula is C14H18N2O2S. The van der Waals surface area contributed by atoms with Gasteiger partial charge in [-0.2, -0.15) is 0 Å². The lowest BCUT2D eigenvalue weighted by molar-refractivity contribution is 0.308. The van der Waals surface area contributed by atoms with E-state index in [-0.39, 0.29) is 0 Å². The van der Waals surface area contributed by atoms with E-state index in [0.29, 0.717) is 6.61 Å². The van der Waals surface area contributed by atoms with E-state index in [1.54, 1.807) is 18.4 Å². The van der Waals surface area contributed by atoms with Crippen LogP contribution < -0.4 is 14.8 Å². The summed E-state index contributed by atoms with van der Waals surface area (Å²) in [5, 5.41) is 6.42. The minimum atomic E-state index is 0.631. The van der Waals surface area contributed by atoms with E-state index in [2.05, 4.69) is 10.3 Å². The van der Waals surface area contributed by atoms with Gasteiger partial charge >= 0.3 is 0 Å². The number of methoxy groups -OCH3 is 1. The van der Waals surface area contributed by atoms with Crippen molar-refractivity contribution in [3.05, 3.63) is 40.3 Å². The lowest BCUT2D eigenvalue weighted by Gasteiger charge is -2.13. The van der Waals surface area contributed by atoms with Crippen molar-refractivity contribution in [1.82, 2.24) is 10.3 Å². The predicted molar refractivity (Wildman–Crippen MR) is 76.8 cm³/mol. The molecule has 102 valence electrons. The van der Waals surface area contributed by atoms with Crippen molar-refractivity contribution < 1.29 is 9.47 Å². The number of para-hydroxylation sites is 1. The van der Waals surface area contributed by atoms with Crippen LogP contribution in [-0.4, -0.2) is 18.7 Å².